The molecule has 1 aromatic carbocycles. The van der Waals surface area contributed by atoms with Crippen molar-refractivity contribution in [3.8, 4) is 11.3 Å². The number of ether oxygens (including phenoxy) is 2. The maximum atomic E-state index is 13.0. The number of hydrogen-bond acceptors (Lipinski definition) is 5. The summed E-state index contributed by atoms with van der Waals surface area (Å²) in [7, 11) is 0. The minimum atomic E-state index is -0.186. The van der Waals surface area contributed by atoms with Crippen LogP contribution in [0.4, 0.5) is 10.5 Å². The number of aryl methyl sites for hydroxylation is 1. The molecule has 2 N–H and O–H groups in total. The summed E-state index contributed by atoms with van der Waals surface area (Å²) < 4.78 is 11.5. The van der Waals surface area contributed by atoms with E-state index >= 15 is 0 Å². The topological polar surface area (TPSA) is 96.6 Å². The molecule has 2 atom stereocenters. The number of aromatic amines is 1. The molecule has 2 aliphatic heterocycles. The van der Waals surface area contributed by atoms with E-state index in [1.54, 1.807) is 6.92 Å². The number of aromatic nitrogens is 2. The molecule has 0 unspecified atom stereocenters. The number of nitrogens with zero attached hydrogens (tertiary/aromatic N) is 2. The van der Waals surface area contributed by atoms with E-state index in [9.17, 15) is 9.59 Å². The van der Waals surface area contributed by atoms with Gasteiger partial charge < -0.3 is 24.7 Å². The molecule has 8 nitrogen and oxygen atoms in total. The van der Waals surface area contributed by atoms with E-state index in [1.165, 1.54) is 6.07 Å². The molecule has 2 saturated heterocycles. The molecule has 8 heteroatoms. The van der Waals surface area contributed by atoms with Gasteiger partial charge in [0.2, 0.25) is 0 Å². The zero-order valence-electron chi connectivity index (χ0n) is 17.2. The highest BCUT2D eigenvalue weighted by molar-refractivity contribution is 5.89. The predicted molar refractivity (Wildman–Crippen MR) is 114 cm³/mol. The molecule has 4 rings (SSSR count). The maximum absolute atomic E-state index is 13.0. The van der Waals surface area contributed by atoms with Crippen molar-refractivity contribution in [2.45, 2.75) is 44.8 Å². The number of rotatable bonds is 6. The van der Waals surface area contributed by atoms with Gasteiger partial charge >= 0.3 is 6.03 Å². The fourth-order valence-corrected chi connectivity index (χ4v) is 3.96. The van der Waals surface area contributed by atoms with Crippen LogP contribution in [0.1, 0.15) is 31.5 Å². The molecule has 0 bridgehead atoms. The summed E-state index contributed by atoms with van der Waals surface area (Å²) in [6.07, 6.45) is 4.21. The number of carbonyl (C=O) groups is 1. The van der Waals surface area contributed by atoms with Gasteiger partial charge in [0.15, 0.2) is 0 Å². The Kier molecular flexibility index (Phi) is 6.44. The Balaban J connectivity index is 1.43. The van der Waals surface area contributed by atoms with Crippen LogP contribution in [0.15, 0.2) is 35.1 Å². The lowest BCUT2D eigenvalue weighted by Gasteiger charge is -2.28. The second-order valence-corrected chi connectivity index (χ2v) is 7.90. The molecule has 0 saturated carbocycles. The Morgan fingerprint density at radius 3 is 2.30 bits per heavy atom. The van der Waals surface area contributed by atoms with Gasteiger partial charge in [0.25, 0.3) is 5.56 Å². The minimum absolute atomic E-state index is 0.0880. The van der Waals surface area contributed by atoms with E-state index in [1.807, 2.05) is 29.2 Å². The SMILES string of the molecule is Cc1nc(-c2ccc(NC(=O)N(C[C@@H]3CCCO3)C[C@@H]3CCCO3)cc2)cc(=O)[nH]1. The van der Waals surface area contributed by atoms with E-state index in [4.69, 9.17) is 9.47 Å². The van der Waals surface area contributed by atoms with Gasteiger partial charge in [0.1, 0.15) is 5.82 Å². The summed E-state index contributed by atoms with van der Waals surface area (Å²) in [5, 5.41) is 2.98. The van der Waals surface area contributed by atoms with Crippen LogP contribution in [-0.2, 0) is 9.47 Å². The molecular formula is C22H28N4O4. The van der Waals surface area contributed by atoms with E-state index in [0.717, 1.165) is 44.5 Å². The number of benzene rings is 1. The number of hydrogen-bond donors (Lipinski definition) is 2. The number of carbonyl (C=O) groups excluding carboxylic acids is 1. The number of amides is 2. The average molecular weight is 412 g/mol. The Morgan fingerprint density at radius 1 is 1.13 bits per heavy atom. The summed E-state index contributed by atoms with van der Waals surface area (Å²) in [5.41, 5.74) is 1.93. The first-order chi connectivity index (χ1) is 14.6. The monoisotopic (exact) mass is 412 g/mol. The minimum Gasteiger partial charge on any atom is -0.376 e. The van der Waals surface area contributed by atoms with Gasteiger partial charge in [0.05, 0.1) is 17.9 Å². The molecule has 3 heterocycles. The number of urea groups is 1. The Labute approximate surface area is 175 Å². The molecule has 2 aromatic rings. The van der Waals surface area contributed by atoms with Crippen molar-refractivity contribution in [2.75, 3.05) is 31.6 Å². The first-order valence-electron chi connectivity index (χ1n) is 10.5. The number of anilines is 1. The number of H-pyrrole nitrogens is 1. The average Bonchev–Trinajstić information content (AvgIpc) is 3.41. The van der Waals surface area contributed by atoms with Gasteiger partial charge in [-0.2, -0.15) is 0 Å². The number of nitrogens with one attached hydrogen (secondary N) is 2. The van der Waals surface area contributed by atoms with Crippen molar-refractivity contribution in [2.24, 2.45) is 0 Å². The van der Waals surface area contributed by atoms with Crippen molar-refractivity contribution in [3.05, 3.63) is 46.5 Å². The Bertz CT molecular complexity index is 897. The second-order valence-electron chi connectivity index (χ2n) is 7.90. The van der Waals surface area contributed by atoms with Crippen LogP contribution >= 0.6 is 0 Å². The standard InChI is InChI=1S/C22H28N4O4/c1-15-23-20(12-21(27)24-15)16-6-8-17(9-7-16)25-22(28)26(13-18-4-2-10-29-18)14-19-5-3-11-30-19/h6-9,12,18-19H,2-5,10-11,13-14H2,1H3,(H,25,28)(H,23,24,27)/t18-,19-/m0/s1. The summed E-state index contributed by atoms with van der Waals surface area (Å²) in [6, 6.07) is 8.65. The molecule has 160 valence electrons. The lowest BCUT2D eigenvalue weighted by atomic mass is 10.1. The van der Waals surface area contributed by atoms with Crippen LogP contribution in [0.3, 0.4) is 0 Å². The van der Waals surface area contributed by atoms with Crippen LogP contribution in [0.25, 0.3) is 11.3 Å². The third kappa shape index (κ3) is 5.25. The molecule has 0 spiro atoms. The Hall–Kier alpha value is -2.71. The van der Waals surface area contributed by atoms with Crippen LogP contribution in [0, 0.1) is 6.92 Å². The van der Waals surface area contributed by atoms with Crippen molar-refractivity contribution in [3.63, 3.8) is 0 Å². The van der Waals surface area contributed by atoms with Gasteiger partial charge in [-0.15, -0.1) is 0 Å². The highest BCUT2D eigenvalue weighted by Gasteiger charge is 2.27. The van der Waals surface area contributed by atoms with Gasteiger partial charge in [-0.25, -0.2) is 9.78 Å². The van der Waals surface area contributed by atoms with E-state index in [-0.39, 0.29) is 23.8 Å². The fourth-order valence-electron chi connectivity index (χ4n) is 3.96. The maximum Gasteiger partial charge on any atom is 0.322 e. The van der Waals surface area contributed by atoms with E-state index in [2.05, 4.69) is 15.3 Å². The van der Waals surface area contributed by atoms with Crippen LogP contribution in [-0.4, -0.2) is 59.4 Å². The van der Waals surface area contributed by atoms with Crippen molar-refractivity contribution in [1.29, 1.82) is 0 Å². The van der Waals surface area contributed by atoms with Gasteiger partial charge in [0, 0.05) is 43.6 Å². The summed E-state index contributed by atoms with van der Waals surface area (Å²) in [4.78, 5) is 33.5. The molecule has 2 aliphatic rings. The second kappa shape index (κ2) is 9.40. The highest BCUT2D eigenvalue weighted by atomic mass is 16.5. The predicted octanol–water partition coefficient (Wildman–Crippen LogP) is 2.94. The molecule has 0 aliphatic carbocycles. The smallest absolute Gasteiger partial charge is 0.322 e. The molecule has 2 fully saturated rings. The summed E-state index contributed by atoms with van der Waals surface area (Å²) >= 11 is 0. The van der Waals surface area contributed by atoms with Gasteiger partial charge in [-0.1, -0.05) is 12.1 Å². The molecule has 2 amide bonds. The summed E-state index contributed by atoms with van der Waals surface area (Å²) in [6.45, 7) is 4.41. The lowest BCUT2D eigenvalue weighted by molar-refractivity contribution is 0.0524. The van der Waals surface area contributed by atoms with Gasteiger partial charge in [-0.3, -0.25) is 4.79 Å². The third-order valence-electron chi connectivity index (χ3n) is 5.48. The van der Waals surface area contributed by atoms with Crippen LogP contribution in [0.5, 0.6) is 0 Å². The Morgan fingerprint density at radius 2 is 1.77 bits per heavy atom. The quantitative estimate of drug-likeness (QED) is 0.760. The van der Waals surface area contributed by atoms with E-state index < -0.39 is 0 Å². The lowest BCUT2D eigenvalue weighted by Crippen LogP contribution is -2.44. The van der Waals surface area contributed by atoms with Crippen LogP contribution in [0.2, 0.25) is 0 Å². The molecular weight excluding hydrogens is 384 g/mol. The van der Waals surface area contributed by atoms with Crippen molar-refractivity contribution >= 4 is 11.7 Å². The zero-order chi connectivity index (χ0) is 20.9. The van der Waals surface area contributed by atoms with Crippen molar-refractivity contribution < 1.29 is 14.3 Å². The first kappa shape index (κ1) is 20.6. The molecule has 30 heavy (non-hydrogen) atoms. The van der Waals surface area contributed by atoms with Gasteiger partial charge in [-0.05, 0) is 44.7 Å². The molecule has 0 radical (unpaired) electrons. The largest absolute Gasteiger partial charge is 0.376 e. The molecule has 1 aromatic heterocycles. The normalized spacial score (nSPS) is 21.0. The summed E-state index contributed by atoms with van der Waals surface area (Å²) in [5.74, 6) is 0.564. The highest BCUT2D eigenvalue weighted by Crippen LogP contribution is 2.21. The van der Waals surface area contributed by atoms with Crippen LogP contribution < -0.4 is 10.9 Å². The fraction of sp³-hybridized carbons (Fsp3) is 0.500. The first-order valence-corrected chi connectivity index (χ1v) is 10.5. The van der Waals surface area contributed by atoms with E-state index in [0.29, 0.717) is 30.3 Å². The van der Waals surface area contributed by atoms with Crippen molar-refractivity contribution in [1.82, 2.24) is 14.9 Å². The third-order valence-corrected chi connectivity index (χ3v) is 5.48. The zero-order valence-corrected chi connectivity index (χ0v) is 17.2.